The van der Waals surface area contributed by atoms with E-state index in [1.807, 2.05) is 0 Å². The minimum absolute atomic E-state index is 0.115. The molecule has 0 bridgehead atoms. The summed E-state index contributed by atoms with van der Waals surface area (Å²) in [6.07, 6.45) is -4.75. The number of halogens is 4. The van der Waals surface area contributed by atoms with Gasteiger partial charge in [-0.25, -0.2) is 0 Å². The van der Waals surface area contributed by atoms with Crippen molar-refractivity contribution in [1.29, 1.82) is 0 Å². The minimum Gasteiger partial charge on any atom is -0.404 e. The van der Waals surface area contributed by atoms with E-state index in [9.17, 15) is 13.2 Å². The first-order valence-corrected chi connectivity index (χ1v) is 4.67. The van der Waals surface area contributed by atoms with Gasteiger partial charge in [-0.15, -0.1) is 13.2 Å². The lowest BCUT2D eigenvalue weighted by atomic mass is 10.2. The highest BCUT2D eigenvalue weighted by Crippen LogP contribution is 2.35. The maximum absolute atomic E-state index is 11.9. The monoisotopic (exact) mass is 284 g/mol. The van der Waals surface area contributed by atoms with E-state index in [2.05, 4.69) is 20.7 Å². The molecule has 0 atom stereocenters. The fourth-order valence-electron chi connectivity index (χ4n) is 0.992. The van der Waals surface area contributed by atoms with Gasteiger partial charge in [-0.1, -0.05) is 6.07 Å². The van der Waals surface area contributed by atoms with Crippen LogP contribution in [0.1, 0.15) is 5.56 Å². The quantitative estimate of drug-likeness (QED) is 0.820. The number of hydrogen-bond donors (Lipinski definition) is 2. The zero-order chi connectivity index (χ0) is 11.6. The molecule has 3 nitrogen and oxygen atoms in total. The Morgan fingerprint density at radius 2 is 1.93 bits per heavy atom. The normalized spacial score (nSPS) is 11.5. The van der Waals surface area contributed by atoms with Crippen LogP contribution in [0.5, 0.6) is 5.75 Å². The molecule has 1 aromatic rings. The maximum atomic E-state index is 11.9. The van der Waals surface area contributed by atoms with Gasteiger partial charge >= 0.3 is 6.36 Å². The zero-order valence-corrected chi connectivity index (χ0v) is 9.02. The van der Waals surface area contributed by atoms with Crippen LogP contribution in [0.4, 0.5) is 18.9 Å². The van der Waals surface area contributed by atoms with Crippen molar-refractivity contribution in [2.24, 2.45) is 5.73 Å². The number of benzene rings is 1. The number of alkyl halides is 3. The van der Waals surface area contributed by atoms with E-state index in [0.717, 1.165) is 6.07 Å². The van der Waals surface area contributed by atoms with Crippen molar-refractivity contribution in [2.45, 2.75) is 12.9 Å². The van der Waals surface area contributed by atoms with Crippen LogP contribution in [0.25, 0.3) is 0 Å². The van der Waals surface area contributed by atoms with Crippen LogP contribution in [-0.2, 0) is 6.54 Å². The Morgan fingerprint density at radius 1 is 1.33 bits per heavy atom. The summed E-state index contributed by atoms with van der Waals surface area (Å²) in [7, 11) is 0. The smallest absolute Gasteiger partial charge is 0.404 e. The van der Waals surface area contributed by atoms with E-state index < -0.39 is 12.1 Å². The average molecular weight is 285 g/mol. The van der Waals surface area contributed by atoms with Crippen LogP contribution in [-0.4, -0.2) is 6.36 Å². The third-order valence-electron chi connectivity index (χ3n) is 1.67. The van der Waals surface area contributed by atoms with Gasteiger partial charge in [0.2, 0.25) is 0 Å². The molecular formula is C8H8BrF3N2O. The van der Waals surface area contributed by atoms with Gasteiger partial charge in [0, 0.05) is 11.0 Å². The van der Waals surface area contributed by atoms with E-state index in [0.29, 0.717) is 10.0 Å². The van der Waals surface area contributed by atoms with Crippen LogP contribution < -0.4 is 16.2 Å². The SMILES string of the molecule is NCc1ccc(OC(F)(F)F)c(N)c1Br. The summed E-state index contributed by atoms with van der Waals surface area (Å²) in [6, 6.07) is 2.55. The number of ether oxygens (including phenoxy) is 1. The average Bonchev–Trinajstić information content (AvgIpc) is 2.11. The van der Waals surface area contributed by atoms with Gasteiger partial charge in [0.25, 0.3) is 0 Å². The van der Waals surface area contributed by atoms with Gasteiger partial charge in [0.15, 0.2) is 5.75 Å². The van der Waals surface area contributed by atoms with E-state index in [-0.39, 0.29) is 12.2 Å². The molecule has 0 aliphatic rings. The Hall–Kier alpha value is -0.950. The Bertz CT molecular complexity index is 368. The molecule has 0 heterocycles. The number of rotatable bonds is 2. The molecule has 4 N–H and O–H groups in total. The Morgan fingerprint density at radius 3 is 2.40 bits per heavy atom. The predicted molar refractivity (Wildman–Crippen MR) is 53.1 cm³/mol. The fraction of sp³-hybridized carbons (Fsp3) is 0.250. The van der Waals surface area contributed by atoms with Crippen molar-refractivity contribution in [3.63, 3.8) is 0 Å². The number of anilines is 1. The number of hydrogen-bond acceptors (Lipinski definition) is 3. The lowest BCUT2D eigenvalue weighted by molar-refractivity contribution is -0.274. The largest absolute Gasteiger partial charge is 0.573 e. The molecule has 15 heavy (non-hydrogen) atoms. The molecule has 1 aromatic carbocycles. The van der Waals surface area contributed by atoms with Crippen molar-refractivity contribution < 1.29 is 17.9 Å². The van der Waals surface area contributed by atoms with E-state index in [4.69, 9.17) is 11.5 Å². The number of nitrogens with two attached hydrogens (primary N) is 2. The first-order chi connectivity index (χ1) is 6.85. The lowest BCUT2D eigenvalue weighted by Gasteiger charge is -2.13. The Labute approximate surface area is 92.3 Å². The summed E-state index contributed by atoms with van der Waals surface area (Å²) in [6.45, 7) is 0.178. The molecule has 0 aliphatic heterocycles. The highest BCUT2D eigenvalue weighted by atomic mass is 79.9. The molecule has 0 spiro atoms. The molecule has 0 saturated carbocycles. The first-order valence-electron chi connectivity index (χ1n) is 3.88. The van der Waals surface area contributed by atoms with E-state index in [1.54, 1.807) is 0 Å². The van der Waals surface area contributed by atoms with Crippen LogP contribution in [0.2, 0.25) is 0 Å². The van der Waals surface area contributed by atoms with E-state index in [1.165, 1.54) is 6.07 Å². The van der Waals surface area contributed by atoms with Crippen LogP contribution >= 0.6 is 15.9 Å². The van der Waals surface area contributed by atoms with Crippen LogP contribution in [0, 0.1) is 0 Å². The Kier molecular flexibility index (Phi) is 3.46. The van der Waals surface area contributed by atoms with Crippen LogP contribution in [0.3, 0.4) is 0 Å². The second kappa shape index (κ2) is 4.28. The van der Waals surface area contributed by atoms with Gasteiger partial charge in [0.05, 0.1) is 5.69 Å². The summed E-state index contributed by atoms with van der Waals surface area (Å²) < 4.78 is 39.8. The third kappa shape index (κ3) is 3.00. The summed E-state index contributed by atoms with van der Waals surface area (Å²) in [5.41, 5.74) is 11.3. The zero-order valence-electron chi connectivity index (χ0n) is 7.44. The summed E-state index contributed by atoms with van der Waals surface area (Å²) in [4.78, 5) is 0. The summed E-state index contributed by atoms with van der Waals surface area (Å²) in [5.74, 6) is -0.438. The molecule has 84 valence electrons. The molecule has 0 radical (unpaired) electrons. The third-order valence-corrected chi connectivity index (χ3v) is 2.60. The van der Waals surface area contributed by atoms with Gasteiger partial charge in [-0.3, -0.25) is 0 Å². The highest BCUT2D eigenvalue weighted by Gasteiger charge is 2.32. The van der Waals surface area contributed by atoms with Crippen molar-refractivity contribution in [1.82, 2.24) is 0 Å². The van der Waals surface area contributed by atoms with Crippen molar-refractivity contribution in [3.8, 4) is 5.75 Å². The molecule has 0 aromatic heterocycles. The molecule has 0 saturated heterocycles. The second-order valence-corrected chi connectivity index (χ2v) is 3.50. The standard InChI is InChI=1S/C8H8BrF3N2O/c9-6-4(3-13)1-2-5(7(6)14)15-8(10,11)12/h1-2H,3,13-14H2. The van der Waals surface area contributed by atoms with Gasteiger partial charge in [-0.05, 0) is 27.6 Å². The Balaban J connectivity index is 3.07. The van der Waals surface area contributed by atoms with Crippen molar-refractivity contribution in [2.75, 3.05) is 5.73 Å². The molecule has 0 unspecified atom stereocenters. The molecule has 0 aliphatic carbocycles. The topological polar surface area (TPSA) is 61.3 Å². The molecule has 1 rings (SSSR count). The summed E-state index contributed by atoms with van der Waals surface area (Å²) in [5, 5.41) is 0. The highest BCUT2D eigenvalue weighted by molar-refractivity contribution is 9.10. The lowest BCUT2D eigenvalue weighted by Crippen LogP contribution is -2.18. The second-order valence-electron chi connectivity index (χ2n) is 2.70. The predicted octanol–water partition coefficient (Wildman–Crippen LogP) is 2.39. The van der Waals surface area contributed by atoms with Gasteiger partial charge in [0.1, 0.15) is 0 Å². The van der Waals surface area contributed by atoms with Crippen molar-refractivity contribution in [3.05, 3.63) is 22.2 Å². The molecule has 0 amide bonds. The van der Waals surface area contributed by atoms with Gasteiger partial charge < -0.3 is 16.2 Å². The van der Waals surface area contributed by atoms with E-state index >= 15 is 0 Å². The molecule has 0 fully saturated rings. The van der Waals surface area contributed by atoms with Gasteiger partial charge in [-0.2, -0.15) is 0 Å². The molecule has 7 heteroatoms. The van der Waals surface area contributed by atoms with Crippen LogP contribution in [0.15, 0.2) is 16.6 Å². The first kappa shape index (κ1) is 12.1. The fourth-order valence-corrected chi connectivity index (χ4v) is 1.48. The summed E-state index contributed by atoms with van der Waals surface area (Å²) >= 11 is 3.05. The maximum Gasteiger partial charge on any atom is 0.573 e. The number of nitrogen functional groups attached to an aromatic ring is 1. The van der Waals surface area contributed by atoms with Crippen molar-refractivity contribution >= 4 is 21.6 Å². The minimum atomic E-state index is -4.75. The molecular weight excluding hydrogens is 277 g/mol.